The number of hydrogen-bond acceptors (Lipinski definition) is 6. The molecule has 0 aliphatic carbocycles. The molecule has 1 aliphatic heterocycles. The summed E-state index contributed by atoms with van der Waals surface area (Å²) in [5.74, 6) is 1.35. The number of anilines is 1. The maximum Gasteiger partial charge on any atom is 0.260 e. The maximum atomic E-state index is 13.7. The monoisotopic (exact) mass is 480 g/mol. The average molecular weight is 481 g/mol. The SMILES string of the molecule is COc1ccc(OC)c(-c2csc(N(C[C@H]3CCCO3)C(=O)c3ccc(C(C)(C)C)cc3)n2)c1. The van der Waals surface area contributed by atoms with Crippen molar-refractivity contribution in [1.82, 2.24) is 4.98 Å². The minimum atomic E-state index is -0.0746. The lowest BCUT2D eigenvalue weighted by atomic mass is 9.86. The van der Waals surface area contributed by atoms with Gasteiger partial charge in [-0.3, -0.25) is 9.69 Å². The molecule has 34 heavy (non-hydrogen) atoms. The fraction of sp³-hybridized carbons (Fsp3) is 0.407. The summed E-state index contributed by atoms with van der Waals surface area (Å²) in [7, 11) is 3.26. The van der Waals surface area contributed by atoms with Crippen LogP contribution in [0.5, 0.6) is 11.5 Å². The molecular weight excluding hydrogens is 448 g/mol. The maximum absolute atomic E-state index is 13.7. The van der Waals surface area contributed by atoms with Crippen LogP contribution in [0, 0.1) is 0 Å². The first-order valence-electron chi connectivity index (χ1n) is 11.5. The predicted molar refractivity (Wildman–Crippen MR) is 136 cm³/mol. The lowest BCUT2D eigenvalue weighted by molar-refractivity contribution is 0.0917. The second-order valence-corrected chi connectivity index (χ2v) is 10.3. The van der Waals surface area contributed by atoms with Gasteiger partial charge in [0.15, 0.2) is 5.13 Å². The zero-order valence-corrected chi connectivity index (χ0v) is 21.3. The van der Waals surface area contributed by atoms with Crippen molar-refractivity contribution in [3.8, 4) is 22.8 Å². The summed E-state index contributed by atoms with van der Waals surface area (Å²) in [5.41, 5.74) is 3.42. The number of carbonyl (C=O) groups excluding carboxylic acids is 1. The van der Waals surface area contributed by atoms with Crippen molar-refractivity contribution in [2.24, 2.45) is 0 Å². The summed E-state index contributed by atoms with van der Waals surface area (Å²) in [5, 5.41) is 2.59. The second kappa shape index (κ2) is 10.2. The van der Waals surface area contributed by atoms with E-state index in [-0.39, 0.29) is 17.4 Å². The molecule has 1 aliphatic rings. The van der Waals surface area contributed by atoms with Gasteiger partial charge in [0.2, 0.25) is 0 Å². The van der Waals surface area contributed by atoms with E-state index in [2.05, 4.69) is 20.8 Å². The number of nitrogens with zero attached hydrogens (tertiary/aromatic N) is 2. The number of ether oxygens (including phenoxy) is 3. The molecule has 1 aromatic heterocycles. The Morgan fingerprint density at radius 3 is 2.53 bits per heavy atom. The van der Waals surface area contributed by atoms with Crippen molar-refractivity contribution in [3.05, 3.63) is 59.0 Å². The summed E-state index contributed by atoms with van der Waals surface area (Å²) in [6, 6.07) is 13.5. The van der Waals surface area contributed by atoms with Crippen molar-refractivity contribution < 1.29 is 19.0 Å². The van der Waals surface area contributed by atoms with Gasteiger partial charge in [-0.1, -0.05) is 32.9 Å². The molecule has 0 unspecified atom stereocenters. The van der Waals surface area contributed by atoms with Crippen LogP contribution in [0.2, 0.25) is 0 Å². The van der Waals surface area contributed by atoms with E-state index in [1.54, 1.807) is 19.1 Å². The van der Waals surface area contributed by atoms with Crippen LogP contribution in [0.15, 0.2) is 47.8 Å². The Balaban J connectivity index is 1.67. The quantitative estimate of drug-likeness (QED) is 0.418. The zero-order chi connectivity index (χ0) is 24.3. The molecule has 0 radical (unpaired) electrons. The Labute approximate surface area is 205 Å². The minimum Gasteiger partial charge on any atom is -0.497 e. The molecule has 0 N–H and O–H groups in total. The van der Waals surface area contributed by atoms with Crippen molar-refractivity contribution in [3.63, 3.8) is 0 Å². The number of carbonyl (C=O) groups is 1. The highest BCUT2D eigenvalue weighted by Gasteiger charge is 2.27. The summed E-state index contributed by atoms with van der Waals surface area (Å²) >= 11 is 1.44. The Kier molecular flexibility index (Phi) is 7.24. The Bertz CT molecular complexity index is 1130. The third-order valence-corrected chi connectivity index (χ3v) is 6.92. The molecule has 2 aromatic carbocycles. The molecule has 3 aromatic rings. The van der Waals surface area contributed by atoms with Crippen LogP contribution >= 0.6 is 11.3 Å². The molecule has 6 nitrogen and oxygen atoms in total. The van der Waals surface area contributed by atoms with E-state index < -0.39 is 0 Å². The van der Waals surface area contributed by atoms with E-state index >= 15 is 0 Å². The first-order valence-corrected chi connectivity index (χ1v) is 12.4. The number of methoxy groups -OCH3 is 2. The van der Waals surface area contributed by atoms with Crippen molar-refractivity contribution in [2.45, 2.75) is 45.1 Å². The fourth-order valence-corrected chi connectivity index (χ4v) is 4.87. The third kappa shape index (κ3) is 5.26. The van der Waals surface area contributed by atoms with E-state index in [1.807, 2.05) is 47.8 Å². The van der Waals surface area contributed by atoms with Crippen LogP contribution in [0.25, 0.3) is 11.3 Å². The van der Waals surface area contributed by atoms with Gasteiger partial charge in [-0.2, -0.15) is 0 Å². The smallest absolute Gasteiger partial charge is 0.260 e. The van der Waals surface area contributed by atoms with Gasteiger partial charge in [0.1, 0.15) is 11.5 Å². The number of hydrogen-bond donors (Lipinski definition) is 0. The number of rotatable bonds is 7. The van der Waals surface area contributed by atoms with Crippen molar-refractivity contribution in [2.75, 3.05) is 32.3 Å². The van der Waals surface area contributed by atoms with E-state index in [0.717, 1.165) is 36.5 Å². The van der Waals surface area contributed by atoms with Gasteiger partial charge in [0.05, 0.1) is 32.6 Å². The van der Waals surface area contributed by atoms with Crippen molar-refractivity contribution in [1.29, 1.82) is 0 Å². The summed E-state index contributed by atoms with van der Waals surface area (Å²) in [6.45, 7) is 7.70. The van der Waals surface area contributed by atoms with Crippen LogP contribution in [-0.2, 0) is 10.2 Å². The molecule has 0 saturated carbocycles. The topological polar surface area (TPSA) is 60.9 Å². The van der Waals surface area contributed by atoms with Gasteiger partial charge in [0, 0.05) is 23.1 Å². The third-order valence-electron chi connectivity index (χ3n) is 6.06. The predicted octanol–water partition coefficient (Wildman–Crippen LogP) is 5.95. The van der Waals surface area contributed by atoms with Crippen molar-refractivity contribution >= 4 is 22.4 Å². The molecule has 1 atom stereocenters. The molecule has 0 bridgehead atoms. The highest BCUT2D eigenvalue weighted by molar-refractivity contribution is 7.14. The van der Waals surface area contributed by atoms with Gasteiger partial charge >= 0.3 is 0 Å². The van der Waals surface area contributed by atoms with Crippen LogP contribution in [0.4, 0.5) is 5.13 Å². The van der Waals surface area contributed by atoms with Crippen LogP contribution in [-0.4, -0.2) is 44.4 Å². The largest absolute Gasteiger partial charge is 0.497 e. The molecule has 1 saturated heterocycles. The molecular formula is C27H32N2O4S. The standard InChI is InChI=1S/C27H32N2O4S/c1-27(2,3)19-10-8-18(9-11-19)25(30)29(16-21-7-6-14-33-21)26-28-23(17-34-26)22-15-20(31-4)12-13-24(22)32-5/h8-13,15,17,21H,6-7,14,16H2,1-5H3/t21-/m1/s1. The highest BCUT2D eigenvalue weighted by atomic mass is 32.1. The average Bonchev–Trinajstić information content (AvgIpc) is 3.53. The normalized spacial score (nSPS) is 15.9. The molecule has 1 amide bonds. The lowest BCUT2D eigenvalue weighted by Gasteiger charge is -2.24. The van der Waals surface area contributed by atoms with E-state index in [4.69, 9.17) is 19.2 Å². The summed E-state index contributed by atoms with van der Waals surface area (Å²) in [4.78, 5) is 20.3. The molecule has 0 spiro atoms. The van der Waals surface area contributed by atoms with Gasteiger partial charge in [0.25, 0.3) is 5.91 Å². The number of benzene rings is 2. The van der Waals surface area contributed by atoms with Gasteiger partial charge < -0.3 is 14.2 Å². The molecule has 180 valence electrons. The zero-order valence-electron chi connectivity index (χ0n) is 20.5. The van der Waals surface area contributed by atoms with Crippen LogP contribution in [0.3, 0.4) is 0 Å². The van der Waals surface area contributed by atoms with E-state index in [9.17, 15) is 4.79 Å². The number of thiazole rings is 1. The Morgan fingerprint density at radius 2 is 1.91 bits per heavy atom. The Morgan fingerprint density at radius 1 is 1.15 bits per heavy atom. The molecule has 4 rings (SSSR count). The Hall–Kier alpha value is -2.90. The fourth-order valence-electron chi connectivity index (χ4n) is 4.03. The van der Waals surface area contributed by atoms with E-state index in [0.29, 0.717) is 23.0 Å². The van der Waals surface area contributed by atoms with E-state index in [1.165, 1.54) is 16.9 Å². The van der Waals surface area contributed by atoms with Gasteiger partial charge in [-0.15, -0.1) is 11.3 Å². The van der Waals surface area contributed by atoms with Gasteiger partial charge in [-0.25, -0.2) is 4.98 Å². The highest BCUT2D eigenvalue weighted by Crippen LogP contribution is 2.36. The first kappa shape index (κ1) is 24.2. The molecule has 7 heteroatoms. The lowest BCUT2D eigenvalue weighted by Crippen LogP contribution is -2.37. The number of amides is 1. The minimum absolute atomic E-state index is 0.0107. The van der Waals surface area contributed by atoms with Gasteiger partial charge in [-0.05, 0) is 54.2 Å². The van der Waals surface area contributed by atoms with Crippen LogP contribution < -0.4 is 14.4 Å². The van der Waals surface area contributed by atoms with Crippen LogP contribution in [0.1, 0.15) is 49.5 Å². The summed E-state index contributed by atoms with van der Waals surface area (Å²) in [6.07, 6.45) is 1.96. The number of aromatic nitrogens is 1. The molecule has 1 fully saturated rings. The first-order chi connectivity index (χ1) is 16.3. The summed E-state index contributed by atoms with van der Waals surface area (Å²) < 4.78 is 16.8. The molecule has 2 heterocycles. The second-order valence-electron chi connectivity index (χ2n) is 9.46.